The van der Waals surface area contributed by atoms with Gasteiger partial charge in [-0.25, -0.2) is 0 Å². The standard InChI is InChI=1S/C50H45NS/c1-50(2,3)37-31-32-38(34-17-6-4-7-18-34)45(33-37)51(44-28-16-30-47-49(44)42-24-11-13-29-46(42)52-47)43-27-12-10-23-40(43)41-26-15-22-36-21-14-25-39(48(36)41)35-19-8-5-9-20-35/h4,6-7,10-18,21-33,35H,5,8-9,19-20H2,1-3H3. The number of benzene rings is 7. The fraction of sp³-hybridized carbons (Fsp3) is 0.200. The van der Waals surface area contributed by atoms with E-state index in [1.807, 2.05) is 11.3 Å². The van der Waals surface area contributed by atoms with Gasteiger partial charge in [-0.1, -0.05) is 161 Å². The maximum atomic E-state index is 2.59. The largest absolute Gasteiger partial charge is 0.309 e. The van der Waals surface area contributed by atoms with E-state index >= 15 is 0 Å². The van der Waals surface area contributed by atoms with Crippen LogP contribution in [0.2, 0.25) is 0 Å². The van der Waals surface area contributed by atoms with Gasteiger partial charge in [0, 0.05) is 31.3 Å². The lowest BCUT2D eigenvalue weighted by Gasteiger charge is -2.33. The van der Waals surface area contributed by atoms with E-state index in [1.165, 1.54) is 113 Å². The normalized spacial score (nSPS) is 14.0. The van der Waals surface area contributed by atoms with E-state index in [0.717, 1.165) is 0 Å². The van der Waals surface area contributed by atoms with Gasteiger partial charge in [0.2, 0.25) is 0 Å². The Morgan fingerprint density at radius 2 is 1.19 bits per heavy atom. The Kier molecular flexibility index (Phi) is 8.44. The molecule has 0 unspecified atom stereocenters. The second kappa shape index (κ2) is 13.4. The summed E-state index contributed by atoms with van der Waals surface area (Å²) in [6.07, 6.45) is 6.53. The minimum Gasteiger partial charge on any atom is -0.309 e. The zero-order valence-electron chi connectivity index (χ0n) is 30.4. The minimum absolute atomic E-state index is 0.0270. The van der Waals surface area contributed by atoms with Crippen molar-refractivity contribution in [1.29, 1.82) is 0 Å². The Morgan fingerprint density at radius 1 is 0.519 bits per heavy atom. The molecule has 1 aliphatic carbocycles. The molecule has 52 heavy (non-hydrogen) atoms. The highest BCUT2D eigenvalue weighted by atomic mass is 32.1. The third-order valence-electron chi connectivity index (χ3n) is 11.2. The van der Waals surface area contributed by atoms with Crippen molar-refractivity contribution < 1.29 is 0 Å². The summed E-state index contributed by atoms with van der Waals surface area (Å²) in [4.78, 5) is 2.59. The zero-order valence-corrected chi connectivity index (χ0v) is 31.2. The first kappa shape index (κ1) is 32.7. The van der Waals surface area contributed by atoms with Crippen molar-refractivity contribution in [1.82, 2.24) is 0 Å². The summed E-state index contributed by atoms with van der Waals surface area (Å²) in [5, 5.41) is 5.35. The molecule has 0 spiro atoms. The average molecular weight is 692 g/mol. The van der Waals surface area contributed by atoms with Crippen LogP contribution in [-0.2, 0) is 5.41 Å². The molecule has 256 valence electrons. The summed E-state index contributed by atoms with van der Waals surface area (Å²) in [6, 6.07) is 57.0. The molecule has 1 aliphatic rings. The molecule has 1 aromatic heterocycles. The maximum absolute atomic E-state index is 2.59. The van der Waals surface area contributed by atoms with Gasteiger partial charge >= 0.3 is 0 Å². The molecular weight excluding hydrogens is 647 g/mol. The van der Waals surface area contributed by atoms with Gasteiger partial charge in [0.15, 0.2) is 0 Å². The summed E-state index contributed by atoms with van der Waals surface area (Å²) < 4.78 is 2.62. The Hall–Kier alpha value is -5.18. The first-order valence-corrected chi connectivity index (χ1v) is 19.8. The number of hydrogen-bond donors (Lipinski definition) is 0. The molecule has 7 aromatic carbocycles. The molecule has 0 saturated heterocycles. The molecule has 0 bridgehead atoms. The van der Waals surface area contributed by atoms with Gasteiger partial charge in [0.1, 0.15) is 0 Å². The van der Waals surface area contributed by atoms with Crippen LogP contribution in [0.4, 0.5) is 17.1 Å². The van der Waals surface area contributed by atoms with Gasteiger partial charge in [0.05, 0.1) is 17.1 Å². The van der Waals surface area contributed by atoms with E-state index in [2.05, 4.69) is 177 Å². The first-order valence-electron chi connectivity index (χ1n) is 19.0. The molecule has 0 atom stereocenters. The number of hydrogen-bond acceptors (Lipinski definition) is 2. The van der Waals surface area contributed by atoms with Crippen LogP contribution in [0.3, 0.4) is 0 Å². The van der Waals surface area contributed by atoms with Gasteiger partial charge in [-0.3, -0.25) is 0 Å². The van der Waals surface area contributed by atoms with Crippen LogP contribution in [0.1, 0.15) is 69.9 Å². The molecule has 2 heteroatoms. The molecule has 0 radical (unpaired) electrons. The van der Waals surface area contributed by atoms with E-state index in [4.69, 9.17) is 0 Å². The van der Waals surface area contributed by atoms with Gasteiger partial charge in [-0.05, 0) is 87.5 Å². The summed E-state index contributed by atoms with van der Waals surface area (Å²) in [5.74, 6) is 0.598. The Labute approximate surface area is 312 Å². The predicted molar refractivity (Wildman–Crippen MR) is 227 cm³/mol. The molecule has 1 fully saturated rings. The highest BCUT2D eigenvalue weighted by Gasteiger charge is 2.27. The summed E-state index contributed by atoms with van der Waals surface area (Å²) in [6.45, 7) is 6.97. The van der Waals surface area contributed by atoms with Crippen LogP contribution in [0.15, 0.2) is 152 Å². The monoisotopic (exact) mass is 691 g/mol. The van der Waals surface area contributed by atoms with Crippen LogP contribution in [0.5, 0.6) is 0 Å². The predicted octanol–water partition coefficient (Wildman–Crippen LogP) is 15.4. The lowest BCUT2D eigenvalue weighted by atomic mass is 9.80. The third kappa shape index (κ3) is 5.80. The van der Waals surface area contributed by atoms with E-state index in [0.29, 0.717) is 5.92 Å². The van der Waals surface area contributed by atoms with Crippen LogP contribution < -0.4 is 4.90 Å². The zero-order chi connectivity index (χ0) is 35.2. The fourth-order valence-corrected chi connectivity index (χ4v) is 9.75. The molecule has 0 amide bonds. The summed E-state index contributed by atoms with van der Waals surface area (Å²) in [5.41, 5.74) is 11.4. The van der Waals surface area contributed by atoms with Crippen molar-refractivity contribution in [3.63, 3.8) is 0 Å². The number of anilines is 3. The quantitative estimate of drug-likeness (QED) is 0.168. The number of thiophene rings is 1. The van der Waals surface area contributed by atoms with Gasteiger partial charge in [-0.2, -0.15) is 0 Å². The Balaban J connectivity index is 1.39. The van der Waals surface area contributed by atoms with Crippen LogP contribution >= 0.6 is 11.3 Å². The van der Waals surface area contributed by atoms with E-state index < -0.39 is 0 Å². The minimum atomic E-state index is -0.0270. The number of para-hydroxylation sites is 1. The molecule has 0 N–H and O–H groups in total. The maximum Gasteiger partial charge on any atom is 0.0555 e. The fourth-order valence-electron chi connectivity index (χ4n) is 8.62. The molecular formula is C50H45NS. The number of rotatable bonds is 6. The first-order chi connectivity index (χ1) is 25.5. The molecule has 0 aliphatic heterocycles. The van der Waals surface area contributed by atoms with E-state index in [1.54, 1.807) is 0 Å². The van der Waals surface area contributed by atoms with Gasteiger partial charge in [0.25, 0.3) is 0 Å². The second-order valence-corrected chi connectivity index (χ2v) is 16.6. The highest BCUT2D eigenvalue weighted by Crippen LogP contribution is 2.51. The van der Waals surface area contributed by atoms with Crippen LogP contribution in [-0.4, -0.2) is 0 Å². The second-order valence-electron chi connectivity index (χ2n) is 15.5. The number of fused-ring (bicyclic) bond motifs is 4. The summed E-state index contributed by atoms with van der Waals surface area (Å²) in [7, 11) is 0. The van der Waals surface area contributed by atoms with Crippen molar-refractivity contribution in [2.75, 3.05) is 4.90 Å². The van der Waals surface area contributed by atoms with E-state index in [9.17, 15) is 0 Å². The van der Waals surface area contributed by atoms with Crippen molar-refractivity contribution in [3.05, 3.63) is 163 Å². The summed E-state index contributed by atoms with van der Waals surface area (Å²) >= 11 is 1.89. The molecule has 1 heterocycles. The van der Waals surface area contributed by atoms with Crippen molar-refractivity contribution in [3.8, 4) is 22.3 Å². The molecule has 1 saturated carbocycles. The Bertz CT molecular complexity index is 2540. The van der Waals surface area contributed by atoms with Crippen molar-refractivity contribution in [2.45, 2.75) is 64.2 Å². The SMILES string of the molecule is CC(C)(C)c1ccc(-c2ccccc2)c(N(c2ccccc2-c2cccc3cccc(C4CCCCC4)c23)c2cccc3sc4ccccc4c23)c1. The lowest BCUT2D eigenvalue weighted by molar-refractivity contribution is 0.445. The van der Waals surface area contributed by atoms with Crippen molar-refractivity contribution >= 4 is 59.3 Å². The third-order valence-corrected chi connectivity index (χ3v) is 12.4. The van der Waals surface area contributed by atoms with Gasteiger partial charge in [-0.15, -0.1) is 11.3 Å². The molecule has 1 nitrogen and oxygen atoms in total. The lowest BCUT2D eigenvalue weighted by Crippen LogP contribution is -2.16. The van der Waals surface area contributed by atoms with Crippen LogP contribution in [0, 0.1) is 0 Å². The van der Waals surface area contributed by atoms with E-state index in [-0.39, 0.29) is 5.41 Å². The Morgan fingerprint density at radius 3 is 2.02 bits per heavy atom. The number of nitrogens with zero attached hydrogens (tertiary/aromatic N) is 1. The average Bonchev–Trinajstić information content (AvgIpc) is 3.58. The van der Waals surface area contributed by atoms with Crippen LogP contribution in [0.25, 0.3) is 53.2 Å². The molecule has 9 rings (SSSR count). The molecule has 8 aromatic rings. The van der Waals surface area contributed by atoms with Gasteiger partial charge < -0.3 is 4.90 Å². The highest BCUT2D eigenvalue weighted by molar-refractivity contribution is 7.26. The van der Waals surface area contributed by atoms with Crippen molar-refractivity contribution in [2.24, 2.45) is 0 Å². The smallest absolute Gasteiger partial charge is 0.0555 e. The topological polar surface area (TPSA) is 3.24 Å².